The monoisotopic (exact) mass is 551 g/mol. The first kappa shape index (κ1) is 27.5. The van der Waals surface area contributed by atoms with E-state index in [0.717, 1.165) is 17.7 Å². The van der Waals surface area contributed by atoms with Crippen LogP contribution in [-0.4, -0.2) is 69.1 Å². The van der Waals surface area contributed by atoms with Gasteiger partial charge in [-0.05, 0) is 69.9 Å². The number of amides is 3. The second-order valence-electron chi connectivity index (χ2n) is 10.9. The Balaban J connectivity index is 1.46. The van der Waals surface area contributed by atoms with Crippen molar-refractivity contribution >= 4 is 35.2 Å². The molecule has 3 aliphatic rings. The highest BCUT2D eigenvalue weighted by atomic mass is 32.2. The lowest BCUT2D eigenvalue weighted by atomic mass is 9.70. The van der Waals surface area contributed by atoms with Gasteiger partial charge in [0.2, 0.25) is 17.7 Å². The maximum Gasteiger partial charge on any atom is 0.244 e. The second-order valence-corrected chi connectivity index (χ2v) is 12.5. The molecule has 2 aromatic carbocycles. The number of anilines is 1. The van der Waals surface area contributed by atoms with Gasteiger partial charge in [-0.15, -0.1) is 11.8 Å². The largest absolute Gasteiger partial charge is 0.494 e. The number of fused-ring (bicyclic) bond motifs is 1. The van der Waals surface area contributed by atoms with Gasteiger partial charge in [-0.1, -0.05) is 30.3 Å². The van der Waals surface area contributed by atoms with Crippen LogP contribution in [-0.2, 0) is 20.8 Å². The van der Waals surface area contributed by atoms with Crippen molar-refractivity contribution in [3.05, 3.63) is 60.2 Å². The molecular formula is C30H37N3O5S. The number of nitrogens with one attached hydrogen (secondary N) is 2. The summed E-state index contributed by atoms with van der Waals surface area (Å²) in [5.74, 6) is -1.09. The van der Waals surface area contributed by atoms with Crippen molar-refractivity contribution in [2.75, 3.05) is 18.5 Å². The van der Waals surface area contributed by atoms with Gasteiger partial charge in [0, 0.05) is 17.0 Å². The average molecular weight is 552 g/mol. The zero-order valence-electron chi connectivity index (χ0n) is 22.6. The molecule has 8 nitrogen and oxygen atoms in total. The zero-order valence-corrected chi connectivity index (χ0v) is 23.4. The van der Waals surface area contributed by atoms with E-state index in [2.05, 4.69) is 10.6 Å². The second kappa shape index (κ2) is 11.2. The molecule has 2 bridgehead atoms. The quantitative estimate of drug-likeness (QED) is 0.419. The van der Waals surface area contributed by atoms with Crippen molar-refractivity contribution in [2.45, 2.75) is 68.2 Å². The number of rotatable bonds is 10. The fraction of sp³-hybridized carbons (Fsp3) is 0.500. The predicted octanol–water partition coefficient (Wildman–Crippen LogP) is 3.24. The fourth-order valence-corrected chi connectivity index (χ4v) is 8.82. The first-order valence-corrected chi connectivity index (χ1v) is 14.7. The molecular weight excluding hydrogens is 514 g/mol. The van der Waals surface area contributed by atoms with Gasteiger partial charge in [0.15, 0.2) is 0 Å². The Bertz CT molecular complexity index is 1210. The van der Waals surface area contributed by atoms with Crippen LogP contribution in [0.3, 0.4) is 0 Å². The number of thioether (sulfide) groups is 1. The zero-order chi connectivity index (χ0) is 27.7. The van der Waals surface area contributed by atoms with Crippen molar-refractivity contribution < 1.29 is 24.2 Å². The van der Waals surface area contributed by atoms with Gasteiger partial charge in [-0.25, -0.2) is 0 Å². The van der Waals surface area contributed by atoms with Crippen LogP contribution >= 0.6 is 11.8 Å². The van der Waals surface area contributed by atoms with Crippen LogP contribution in [0.5, 0.6) is 5.75 Å². The van der Waals surface area contributed by atoms with E-state index in [1.165, 1.54) is 0 Å². The van der Waals surface area contributed by atoms with Gasteiger partial charge in [0.05, 0.1) is 35.8 Å². The lowest BCUT2D eigenvalue weighted by molar-refractivity contribution is -0.142. The molecule has 1 spiro atoms. The number of hydrogen-bond donors (Lipinski definition) is 3. The molecule has 39 heavy (non-hydrogen) atoms. The summed E-state index contributed by atoms with van der Waals surface area (Å²) < 4.78 is 4.80. The van der Waals surface area contributed by atoms with Crippen LogP contribution in [0.15, 0.2) is 54.6 Å². The van der Waals surface area contributed by atoms with Gasteiger partial charge >= 0.3 is 0 Å². The maximum absolute atomic E-state index is 14.3. The third-order valence-electron chi connectivity index (χ3n) is 8.07. The van der Waals surface area contributed by atoms with E-state index in [-0.39, 0.29) is 35.6 Å². The van der Waals surface area contributed by atoms with Gasteiger partial charge < -0.3 is 25.4 Å². The molecule has 5 rings (SSSR count). The van der Waals surface area contributed by atoms with E-state index >= 15 is 0 Å². The van der Waals surface area contributed by atoms with Crippen molar-refractivity contribution in [1.29, 1.82) is 0 Å². The molecule has 0 saturated carbocycles. The molecule has 0 aliphatic carbocycles. The third kappa shape index (κ3) is 5.02. The highest BCUT2D eigenvalue weighted by molar-refractivity contribution is 8.02. The Kier molecular flexibility index (Phi) is 7.91. The number of hydrogen-bond acceptors (Lipinski definition) is 6. The molecule has 208 valence electrons. The van der Waals surface area contributed by atoms with E-state index < -0.39 is 28.7 Å². The molecule has 2 unspecified atom stereocenters. The number of aliphatic hydroxyl groups is 1. The molecule has 9 heteroatoms. The standard InChI is InChI=1S/C30H37N3O5S/c1-4-38-22-12-10-20(11-13-22)32-27(35)24-23-14-15-30(39-23)25(24)29(37)33(26(30)28(36)31-18(2)3)21(17-34)16-19-8-6-5-7-9-19/h5-13,18,21,23-26,34H,4,14-17H2,1-3H3,(H,31,36)(H,32,35)/t21-,23-,24+,25+,26?,30?/m1/s1. The minimum Gasteiger partial charge on any atom is -0.494 e. The predicted molar refractivity (Wildman–Crippen MR) is 151 cm³/mol. The Labute approximate surface area is 233 Å². The summed E-state index contributed by atoms with van der Waals surface area (Å²) in [4.78, 5) is 43.3. The average Bonchev–Trinajstić information content (AvgIpc) is 3.56. The summed E-state index contributed by atoms with van der Waals surface area (Å²) in [6.45, 7) is 5.99. The normalized spacial score (nSPS) is 27.9. The Hall–Kier alpha value is -3.04. The summed E-state index contributed by atoms with van der Waals surface area (Å²) >= 11 is 1.62. The summed E-state index contributed by atoms with van der Waals surface area (Å²) in [5, 5.41) is 16.5. The molecule has 3 fully saturated rings. The van der Waals surface area contributed by atoms with Crippen LogP contribution in [0.25, 0.3) is 0 Å². The molecule has 3 N–H and O–H groups in total. The van der Waals surface area contributed by atoms with Crippen molar-refractivity contribution in [3.8, 4) is 5.75 Å². The number of ether oxygens (including phenoxy) is 1. The highest BCUT2D eigenvalue weighted by Gasteiger charge is 2.74. The van der Waals surface area contributed by atoms with Crippen LogP contribution < -0.4 is 15.4 Å². The topological polar surface area (TPSA) is 108 Å². The van der Waals surface area contributed by atoms with E-state index in [4.69, 9.17) is 4.74 Å². The summed E-state index contributed by atoms with van der Waals surface area (Å²) in [6.07, 6.45) is 1.87. The van der Waals surface area contributed by atoms with Crippen LogP contribution in [0, 0.1) is 11.8 Å². The van der Waals surface area contributed by atoms with Crippen molar-refractivity contribution in [1.82, 2.24) is 10.2 Å². The van der Waals surface area contributed by atoms with Gasteiger partial charge in [0.25, 0.3) is 0 Å². The lowest BCUT2D eigenvalue weighted by Crippen LogP contribution is -2.57. The van der Waals surface area contributed by atoms with Crippen LogP contribution in [0.4, 0.5) is 5.69 Å². The third-order valence-corrected chi connectivity index (χ3v) is 10.0. The minimum absolute atomic E-state index is 0.0418. The molecule has 3 aliphatic heterocycles. The Morgan fingerprint density at radius 1 is 1.13 bits per heavy atom. The Morgan fingerprint density at radius 2 is 1.85 bits per heavy atom. The lowest BCUT2D eigenvalue weighted by Gasteiger charge is -2.37. The molecule has 2 aromatic rings. The fourth-order valence-electron chi connectivity index (χ4n) is 6.61. The van der Waals surface area contributed by atoms with E-state index in [9.17, 15) is 19.5 Å². The summed E-state index contributed by atoms with van der Waals surface area (Å²) in [6, 6.07) is 15.4. The number of nitrogens with zero attached hydrogens (tertiary/aromatic N) is 1. The van der Waals surface area contributed by atoms with E-state index in [1.54, 1.807) is 40.9 Å². The summed E-state index contributed by atoms with van der Waals surface area (Å²) in [5.41, 5.74) is 1.61. The van der Waals surface area contributed by atoms with Gasteiger partial charge in [-0.3, -0.25) is 14.4 Å². The van der Waals surface area contributed by atoms with Crippen LogP contribution in [0.1, 0.15) is 39.2 Å². The molecule has 0 radical (unpaired) electrons. The maximum atomic E-state index is 14.3. The molecule has 3 saturated heterocycles. The minimum atomic E-state index is -0.753. The number of benzene rings is 2. The first-order chi connectivity index (χ1) is 18.8. The number of carbonyl (C=O) groups excluding carboxylic acids is 3. The molecule has 3 heterocycles. The van der Waals surface area contributed by atoms with E-state index in [0.29, 0.717) is 25.1 Å². The number of aliphatic hydroxyl groups excluding tert-OH is 1. The molecule has 3 amide bonds. The van der Waals surface area contributed by atoms with Gasteiger partial charge in [-0.2, -0.15) is 0 Å². The van der Waals surface area contributed by atoms with Crippen LogP contribution in [0.2, 0.25) is 0 Å². The SMILES string of the molecule is CCOc1ccc(NC(=O)[C@@H]2[C@H]3C(=O)N([C@@H](CO)Cc4ccccc4)C(C(=O)NC(C)C)C34CC[C@H]2S4)cc1. The van der Waals surface area contributed by atoms with Crippen molar-refractivity contribution in [3.63, 3.8) is 0 Å². The van der Waals surface area contributed by atoms with Gasteiger partial charge in [0.1, 0.15) is 11.8 Å². The molecule has 6 atom stereocenters. The molecule has 0 aromatic heterocycles. The first-order valence-electron chi connectivity index (χ1n) is 13.8. The van der Waals surface area contributed by atoms with Crippen molar-refractivity contribution in [2.24, 2.45) is 11.8 Å². The summed E-state index contributed by atoms with van der Waals surface area (Å²) in [7, 11) is 0. The number of carbonyl (C=O) groups is 3. The number of likely N-dealkylation sites (tertiary alicyclic amines) is 1. The smallest absolute Gasteiger partial charge is 0.244 e. The Morgan fingerprint density at radius 3 is 2.49 bits per heavy atom. The highest BCUT2D eigenvalue weighted by Crippen LogP contribution is 2.66. The van der Waals surface area contributed by atoms with E-state index in [1.807, 2.05) is 51.1 Å².